The van der Waals surface area contributed by atoms with Crippen molar-refractivity contribution in [2.24, 2.45) is 0 Å². The van der Waals surface area contributed by atoms with Gasteiger partial charge in [0.1, 0.15) is 34.1 Å². The highest BCUT2D eigenvalue weighted by Gasteiger charge is 2.21. The van der Waals surface area contributed by atoms with Crippen LogP contribution in [0.25, 0.3) is 0 Å². The molecule has 0 atom stereocenters. The Hall–Kier alpha value is -4.61. The molecule has 0 amide bonds. The van der Waals surface area contributed by atoms with E-state index in [1.807, 2.05) is 0 Å². The van der Waals surface area contributed by atoms with Gasteiger partial charge in [-0.05, 0) is 110 Å². The van der Waals surface area contributed by atoms with Gasteiger partial charge in [-0.15, -0.1) is 0 Å². The zero-order valence-corrected chi connectivity index (χ0v) is 28.4. The minimum absolute atomic E-state index is 0.163. The fourth-order valence-electron chi connectivity index (χ4n) is 3.69. The average Bonchev–Trinajstić information content (AvgIpc) is 2.92. The standard InChI is InChI=1S/C36H44O11/c1-34(2,3)45-31(37)42-27-16-10-24(11-17-27)22-40-30(26-14-20-29(21-15-26)44-33(39)47-36(7,8)9)41-23-25-12-18-28(19-13-25)43-32(38)46-35(4,5)6/h10-21,30H,22-23H2,1-9H3. The molecule has 0 heterocycles. The Morgan fingerprint density at radius 3 is 1.02 bits per heavy atom. The second kappa shape index (κ2) is 15.8. The third kappa shape index (κ3) is 14.6. The Balaban J connectivity index is 1.68. The molecule has 3 rings (SSSR count). The maximum atomic E-state index is 12.1. The number of benzene rings is 3. The lowest BCUT2D eigenvalue weighted by Gasteiger charge is -2.21. The van der Waals surface area contributed by atoms with E-state index in [0.717, 1.165) is 11.1 Å². The quantitative estimate of drug-likeness (QED) is 0.0901. The lowest BCUT2D eigenvalue weighted by molar-refractivity contribution is -0.161. The van der Waals surface area contributed by atoms with E-state index in [2.05, 4.69) is 0 Å². The van der Waals surface area contributed by atoms with Crippen molar-refractivity contribution in [2.75, 3.05) is 0 Å². The molecule has 47 heavy (non-hydrogen) atoms. The van der Waals surface area contributed by atoms with Gasteiger partial charge < -0.3 is 37.9 Å². The minimum atomic E-state index is -0.819. The molecule has 3 aromatic rings. The largest absolute Gasteiger partial charge is 0.514 e. The van der Waals surface area contributed by atoms with Crippen LogP contribution >= 0.6 is 0 Å². The molecule has 0 aliphatic carbocycles. The SMILES string of the molecule is CC(C)(C)OC(=O)Oc1ccc(COC(OCc2ccc(OC(=O)OC(C)(C)C)cc2)c2ccc(OC(=O)OC(C)(C)C)cc2)cc1. The van der Waals surface area contributed by atoms with Crippen LogP contribution in [0.15, 0.2) is 72.8 Å². The van der Waals surface area contributed by atoms with Crippen LogP contribution in [0.5, 0.6) is 17.2 Å². The molecule has 0 aromatic heterocycles. The van der Waals surface area contributed by atoms with Crippen LogP contribution in [0.1, 0.15) is 85.3 Å². The second-order valence-corrected chi connectivity index (χ2v) is 13.5. The molecule has 0 radical (unpaired) electrons. The highest BCUT2D eigenvalue weighted by atomic mass is 16.7. The Kier molecular flexibility index (Phi) is 12.4. The molecule has 0 aliphatic heterocycles. The van der Waals surface area contributed by atoms with Crippen molar-refractivity contribution in [3.63, 3.8) is 0 Å². The van der Waals surface area contributed by atoms with Crippen LogP contribution < -0.4 is 14.2 Å². The molecule has 0 saturated carbocycles. The molecule has 0 spiro atoms. The van der Waals surface area contributed by atoms with Gasteiger partial charge in [0, 0.05) is 5.56 Å². The van der Waals surface area contributed by atoms with E-state index in [1.54, 1.807) is 135 Å². The number of hydrogen-bond donors (Lipinski definition) is 0. The molecule has 0 fully saturated rings. The molecule has 11 heteroatoms. The van der Waals surface area contributed by atoms with Gasteiger partial charge >= 0.3 is 18.5 Å². The molecule has 0 N–H and O–H groups in total. The van der Waals surface area contributed by atoms with Gasteiger partial charge in [0.2, 0.25) is 0 Å². The monoisotopic (exact) mass is 652 g/mol. The maximum absolute atomic E-state index is 12.1. The lowest BCUT2D eigenvalue weighted by Crippen LogP contribution is -2.25. The van der Waals surface area contributed by atoms with E-state index < -0.39 is 41.6 Å². The van der Waals surface area contributed by atoms with Crippen LogP contribution in [0.2, 0.25) is 0 Å². The lowest BCUT2D eigenvalue weighted by atomic mass is 10.2. The van der Waals surface area contributed by atoms with Gasteiger partial charge in [-0.2, -0.15) is 0 Å². The van der Waals surface area contributed by atoms with Crippen LogP contribution in [0.4, 0.5) is 14.4 Å². The Morgan fingerprint density at radius 2 is 0.745 bits per heavy atom. The Morgan fingerprint density at radius 1 is 0.468 bits per heavy atom. The van der Waals surface area contributed by atoms with Crippen molar-refractivity contribution in [1.82, 2.24) is 0 Å². The van der Waals surface area contributed by atoms with Crippen LogP contribution in [0.3, 0.4) is 0 Å². The zero-order chi connectivity index (χ0) is 34.8. The van der Waals surface area contributed by atoms with Gasteiger partial charge in [-0.1, -0.05) is 36.4 Å². The van der Waals surface area contributed by atoms with E-state index in [9.17, 15) is 14.4 Å². The summed E-state index contributed by atoms with van der Waals surface area (Å²) in [5.41, 5.74) is 0.221. The number of carbonyl (C=O) groups is 3. The summed E-state index contributed by atoms with van der Waals surface area (Å²) in [4.78, 5) is 36.1. The summed E-state index contributed by atoms with van der Waals surface area (Å²) in [7, 11) is 0. The normalized spacial score (nSPS) is 11.9. The zero-order valence-electron chi connectivity index (χ0n) is 28.4. The Labute approximate surface area is 276 Å². The summed E-state index contributed by atoms with van der Waals surface area (Å²) >= 11 is 0. The van der Waals surface area contributed by atoms with Gasteiger partial charge in [-0.3, -0.25) is 0 Å². The number of ether oxygens (including phenoxy) is 8. The first kappa shape index (κ1) is 36.9. The first-order valence-electron chi connectivity index (χ1n) is 15.1. The molecule has 0 bridgehead atoms. The fraction of sp³-hybridized carbons (Fsp3) is 0.417. The van der Waals surface area contributed by atoms with Crippen molar-refractivity contribution in [3.05, 3.63) is 89.5 Å². The second-order valence-electron chi connectivity index (χ2n) is 13.5. The molecule has 254 valence electrons. The summed E-state index contributed by atoms with van der Waals surface area (Å²) in [5.74, 6) is 0.953. The highest BCUT2D eigenvalue weighted by molar-refractivity contribution is 5.65. The average molecular weight is 653 g/mol. The van der Waals surface area contributed by atoms with Gasteiger partial charge in [0.15, 0.2) is 6.29 Å². The molecular weight excluding hydrogens is 608 g/mol. The first-order valence-corrected chi connectivity index (χ1v) is 15.1. The van der Waals surface area contributed by atoms with Crippen molar-refractivity contribution in [3.8, 4) is 17.2 Å². The van der Waals surface area contributed by atoms with Crippen LogP contribution in [-0.4, -0.2) is 35.3 Å². The van der Waals surface area contributed by atoms with Crippen LogP contribution in [0, 0.1) is 0 Å². The number of hydrogen-bond acceptors (Lipinski definition) is 11. The molecule has 0 unspecified atom stereocenters. The van der Waals surface area contributed by atoms with Gasteiger partial charge in [0.25, 0.3) is 0 Å². The van der Waals surface area contributed by atoms with E-state index in [-0.39, 0.29) is 13.2 Å². The number of rotatable bonds is 10. The van der Waals surface area contributed by atoms with Crippen molar-refractivity contribution < 1.29 is 52.3 Å². The fourth-order valence-corrected chi connectivity index (χ4v) is 3.69. The van der Waals surface area contributed by atoms with E-state index in [4.69, 9.17) is 37.9 Å². The summed E-state index contributed by atoms with van der Waals surface area (Å²) in [6.45, 7) is 16.1. The molecule has 0 saturated heterocycles. The van der Waals surface area contributed by atoms with E-state index in [1.165, 1.54) is 0 Å². The van der Waals surface area contributed by atoms with E-state index >= 15 is 0 Å². The molecule has 11 nitrogen and oxygen atoms in total. The predicted octanol–water partition coefficient (Wildman–Crippen LogP) is 9.06. The third-order valence-corrected chi connectivity index (χ3v) is 5.57. The van der Waals surface area contributed by atoms with Crippen molar-refractivity contribution >= 4 is 18.5 Å². The summed E-state index contributed by atoms with van der Waals surface area (Å²) < 4.78 is 43.7. The topological polar surface area (TPSA) is 125 Å². The number of carbonyl (C=O) groups excluding carboxylic acids is 3. The van der Waals surface area contributed by atoms with Crippen molar-refractivity contribution in [2.45, 2.75) is 98.6 Å². The molecular formula is C36H44O11. The summed E-state index contributed by atoms with van der Waals surface area (Å²) in [5, 5.41) is 0. The minimum Gasteiger partial charge on any atom is -0.428 e. The molecule has 3 aromatic carbocycles. The summed E-state index contributed by atoms with van der Waals surface area (Å²) in [6.07, 6.45) is -3.22. The molecule has 0 aliphatic rings. The Bertz CT molecular complexity index is 1380. The maximum Gasteiger partial charge on any atom is 0.514 e. The van der Waals surface area contributed by atoms with E-state index in [0.29, 0.717) is 22.8 Å². The van der Waals surface area contributed by atoms with Gasteiger partial charge in [0.05, 0.1) is 13.2 Å². The third-order valence-electron chi connectivity index (χ3n) is 5.57. The van der Waals surface area contributed by atoms with Crippen molar-refractivity contribution in [1.29, 1.82) is 0 Å². The van der Waals surface area contributed by atoms with Gasteiger partial charge in [-0.25, -0.2) is 14.4 Å². The van der Waals surface area contributed by atoms with Crippen LogP contribution in [-0.2, 0) is 36.9 Å². The highest BCUT2D eigenvalue weighted by Crippen LogP contribution is 2.27. The summed E-state index contributed by atoms with van der Waals surface area (Å²) in [6, 6.07) is 20.3. The first-order chi connectivity index (χ1) is 21.8. The predicted molar refractivity (Wildman–Crippen MR) is 172 cm³/mol. The smallest absolute Gasteiger partial charge is 0.428 e.